The molecule has 2 amide bonds. The standard InChI is InChI=1S/C18H25Cl2N3O2/c1-22(17(25)13-23-10-5-3-2-4-6-11-23)12-16(24)21-18-14(19)8-7-9-15(18)20/h7-9H,2-6,10-13H2,1H3,(H,21,24)/p+1. The molecule has 1 heterocycles. The highest BCUT2D eigenvalue weighted by atomic mass is 35.5. The van der Waals surface area contributed by atoms with Crippen molar-refractivity contribution in [2.75, 3.05) is 38.5 Å². The fourth-order valence-corrected chi connectivity index (χ4v) is 3.52. The largest absolute Gasteiger partial charge is 0.332 e. The van der Waals surface area contributed by atoms with Crippen LogP contribution in [-0.4, -0.2) is 49.9 Å². The number of rotatable bonds is 5. The number of anilines is 1. The van der Waals surface area contributed by atoms with Gasteiger partial charge in [-0.15, -0.1) is 0 Å². The first-order chi connectivity index (χ1) is 12.0. The maximum atomic E-state index is 12.4. The van der Waals surface area contributed by atoms with Gasteiger partial charge in [0.05, 0.1) is 35.4 Å². The van der Waals surface area contributed by atoms with E-state index in [0.717, 1.165) is 25.9 Å². The summed E-state index contributed by atoms with van der Waals surface area (Å²) in [5, 5.41) is 3.43. The van der Waals surface area contributed by atoms with Crippen molar-refractivity contribution in [3.8, 4) is 0 Å². The molecule has 7 heteroatoms. The lowest BCUT2D eigenvalue weighted by atomic mass is 10.1. The van der Waals surface area contributed by atoms with Crippen molar-refractivity contribution in [1.29, 1.82) is 0 Å². The van der Waals surface area contributed by atoms with Crippen LogP contribution < -0.4 is 10.2 Å². The van der Waals surface area contributed by atoms with E-state index in [4.69, 9.17) is 23.2 Å². The average molecular weight is 387 g/mol. The lowest BCUT2D eigenvalue weighted by molar-refractivity contribution is -0.893. The molecule has 5 nitrogen and oxygen atoms in total. The van der Waals surface area contributed by atoms with E-state index in [0.29, 0.717) is 22.3 Å². The fraction of sp³-hybridized carbons (Fsp3) is 0.556. The Morgan fingerprint density at radius 2 is 1.64 bits per heavy atom. The third kappa shape index (κ3) is 6.49. The second-order valence-corrected chi connectivity index (χ2v) is 7.40. The van der Waals surface area contributed by atoms with Gasteiger partial charge in [-0.2, -0.15) is 0 Å². The number of amides is 2. The number of likely N-dealkylation sites (tertiary alicyclic amines) is 1. The molecule has 0 aliphatic carbocycles. The maximum Gasteiger partial charge on any atom is 0.277 e. The minimum absolute atomic E-state index is 0.0176. The minimum atomic E-state index is -0.312. The van der Waals surface area contributed by atoms with Gasteiger partial charge in [-0.1, -0.05) is 35.7 Å². The van der Waals surface area contributed by atoms with E-state index in [-0.39, 0.29) is 18.4 Å². The van der Waals surface area contributed by atoms with Gasteiger partial charge in [-0.25, -0.2) is 0 Å². The van der Waals surface area contributed by atoms with Crippen LogP contribution in [0.3, 0.4) is 0 Å². The summed E-state index contributed by atoms with van der Waals surface area (Å²) in [6.45, 7) is 2.48. The van der Waals surface area contributed by atoms with E-state index in [1.54, 1.807) is 25.2 Å². The molecule has 0 aromatic heterocycles. The van der Waals surface area contributed by atoms with Crippen LogP contribution in [0, 0.1) is 0 Å². The third-order valence-corrected chi connectivity index (χ3v) is 5.13. The second kappa shape index (κ2) is 10.00. The van der Waals surface area contributed by atoms with Crippen molar-refractivity contribution >= 4 is 40.7 Å². The highest BCUT2D eigenvalue weighted by Crippen LogP contribution is 2.29. The van der Waals surface area contributed by atoms with E-state index >= 15 is 0 Å². The van der Waals surface area contributed by atoms with Gasteiger partial charge >= 0.3 is 0 Å². The molecule has 2 N–H and O–H groups in total. The summed E-state index contributed by atoms with van der Waals surface area (Å²) >= 11 is 12.1. The zero-order valence-electron chi connectivity index (χ0n) is 14.6. The van der Waals surface area contributed by atoms with E-state index in [1.165, 1.54) is 29.1 Å². The van der Waals surface area contributed by atoms with E-state index in [2.05, 4.69) is 5.32 Å². The quantitative estimate of drug-likeness (QED) is 0.814. The van der Waals surface area contributed by atoms with Gasteiger partial charge in [0.15, 0.2) is 6.54 Å². The molecule has 1 aliphatic heterocycles. The van der Waals surface area contributed by atoms with Gasteiger partial charge in [0.2, 0.25) is 5.91 Å². The number of para-hydroxylation sites is 1. The molecule has 1 fully saturated rings. The molecule has 1 aliphatic rings. The zero-order valence-corrected chi connectivity index (χ0v) is 16.1. The zero-order chi connectivity index (χ0) is 18.2. The second-order valence-electron chi connectivity index (χ2n) is 6.59. The molecule has 1 aromatic rings. The molecular formula is C18H26Cl2N3O2+. The van der Waals surface area contributed by atoms with E-state index in [1.807, 2.05) is 0 Å². The molecule has 2 rings (SSSR count). The Morgan fingerprint density at radius 1 is 1.08 bits per heavy atom. The molecule has 0 saturated carbocycles. The Kier molecular flexibility index (Phi) is 8.00. The van der Waals surface area contributed by atoms with Crippen LogP contribution in [0.2, 0.25) is 10.0 Å². The fourth-order valence-electron chi connectivity index (χ4n) is 3.03. The first kappa shape index (κ1) is 20.0. The average Bonchev–Trinajstić information content (AvgIpc) is 2.53. The van der Waals surface area contributed by atoms with Crippen LogP contribution in [0.5, 0.6) is 0 Å². The number of nitrogens with zero attached hydrogens (tertiary/aromatic N) is 1. The molecule has 0 radical (unpaired) electrons. The number of quaternary nitrogens is 1. The van der Waals surface area contributed by atoms with Crippen molar-refractivity contribution < 1.29 is 14.5 Å². The lowest BCUT2D eigenvalue weighted by Crippen LogP contribution is -3.13. The van der Waals surface area contributed by atoms with Crippen molar-refractivity contribution in [1.82, 2.24) is 4.90 Å². The molecule has 0 spiro atoms. The number of nitrogens with one attached hydrogen (secondary N) is 2. The van der Waals surface area contributed by atoms with E-state index in [9.17, 15) is 9.59 Å². The smallest absolute Gasteiger partial charge is 0.277 e. The molecule has 1 saturated heterocycles. The number of hydrogen-bond donors (Lipinski definition) is 2. The van der Waals surface area contributed by atoms with Gasteiger partial charge in [0.25, 0.3) is 5.91 Å². The van der Waals surface area contributed by atoms with Crippen molar-refractivity contribution in [3.63, 3.8) is 0 Å². The van der Waals surface area contributed by atoms with Crippen LogP contribution in [0.1, 0.15) is 32.1 Å². The number of carbonyl (C=O) groups is 2. The first-order valence-electron chi connectivity index (χ1n) is 8.79. The third-order valence-electron chi connectivity index (χ3n) is 4.50. The molecule has 0 atom stereocenters. The Labute approximate surface area is 159 Å². The van der Waals surface area contributed by atoms with Crippen LogP contribution in [0.15, 0.2) is 18.2 Å². The highest BCUT2D eigenvalue weighted by Gasteiger charge is 2.20. The number of hydrogen-bond acceptors (Lipinski definition) is 2. The van der Waals surface area contributed by atoms with Crippen LogP contribution in [0.4, 0.5) is 5.69 Å². The molecule has 25 heavy (non-hydrogen) atoms. The summed E-state index contributed by atoms with van der Waals surface area (Å²) in [5.74, 6) is -0.329. The van der Waals surface area contributed by atoms with Crippen molar-refractivity contribution in [3.05, 3.63) is 28.2 Å². The SMILES string of the molecule is CN(CC(=O)Nc1c(Cl)cccc1Cl)C(=O)C[NH+]1CCCCCCC1. The van der Waals surface area contributed by atoms with Crippen LogP contribution >= 0.6 is 23.2 Å². The first-order valence-corrected chi connectivity index (χ1v) is 9.54. The van der Waals surface area contributed by atoms with Gasteiger partial charge in [-0.3, -0.25) is 9.59 Å². The maximum absolute atomic E-state index is 12.4. The molecule has 138 valence electrons. The topological polar surface area (TPSA) is 53.9 Å². The molecule has 0 bridgehead atoms. The van der Waals surface area contributed by atoms with Crippen molar-refractivity contribution in [2.24, 2.45) is 0 Å². The van der Waals surface area contributed by atoms with Gasteiger partial charge < -0.3 is 15.1 Å². The summed E-state index contributed by atoms with van der Waals surface area (Å²) in [5.41, 5.74) is 0.381. The number of likely N-dealkylation sites (N-methyl/N-ethyl adjacent to an activating group) is 1. The van der Waals surface area contributed by atoms with Crippen LogP contribution in [0.25, 0.3) is 0 Å². The lowest BCUT2D eigenvalue weighted by Gasteiger charge is -2.24. The summed E-state index contributed by atoms with van der Waals surface area (Å²) in [6, 6.07) is 5.02. The summed E-state index contributed by atoms with van der Waals surface area (Å²) in [7, 11) is 1.65. The van der Waals surface area contributed by atoms with Gasteiger partial charge in [-0.05, 0) is 37.8 Å². The normalized spacial score (nSPS) is 16.0. The summed E-state index contributed by atoms with van der Waals surface area (Å²) in [4.78, 5) is 27.4. The minimum Gasteiger partial charge on any atom is -0.332 e. The predicted molar refractivity (Wildman–Crippen MR) is 101 cm³/mol. The number of benzene rings is 1. The monoisotopic (exact) mass is 386 g/mol. The summed E-state index contributed by atoms with van der Waals surface area (Å²) < 4.78 is 0. The number of halogens is 2. The summed E-state index contributed by atoms with van der Waals surface area (Å²) in [6.07, 6.45) is 6.12. The molecular weight excluding hydrogens is 361 g/mol. The Bertz CT molecular complexity index is 582. The van der Waals surface area contributed by atoms with Crippen molar-refractivity contribution in [2.45, 2.75) is 32.1 Å². The Hall–Kier alpha value is -1.30. The Balaban J connectivity index is 1.84. The Morgan fingerprint density at radius 3 is 2.24 bits per heavy atom. The number of carbonyl (C=O) groups excluding carboxylic acids is 2. The predicted octanol–water partition coefficient (Wildman–Crippen LogP) is 2.24. The van der Waals surface area contributed by atoms with E-state index < -0.39 is 0 Å². The molecule has 0 unspecified atom stereocenters. The molecule has 1 aromatic carbocycles. The van der Waals surface area contributed by atoms with Gasteiger partial charge in [0, 0.05) is 7.05 Å². The van der Waals surface area contributed by atoms with Crippen LogP contribution in [-0.2, 0) is 9.59 Å². The highest BCUT2D eigenvalue weighted by molar-refractivity contribution is 6.39. The van der Waals surface area contributed by atoms with Gasteiger partial charge in [0.1, 0.15) is 0 Å².